The van der Waals surface area contributed by atoms with Gasteiger partial charge in [0.05, 0.1) is 28.4 Å². The summed E-state index contributed by atoms with van der Waals surface area (Å²) in [6.07, 6.45) is 1.98. The molecular formula is C24H23ClN2OS. The lowest BCUT2D eigenvalue weighted by Crippen LogP contribution is -2.05. The summed E-state index contributed by atoms with van der Waals surface area (Å²) in [4.78, 5) is 6.14. The van der Waals surface area contributed by atoms with Crippen LogP contribution in [0.25, 0.3) is 11.0 Å². The maximum absolute atomic E-state index is 6.15. The summed E-state index contributed by atoms with van der Waals surface area (Å²) in [5.41, 5.74) is 2.26. The monoisotopic (exact) mass is 422 g/mol. The first-order valence-electron chi connectivity index (χ1n) is 9.80. The Hall–Kier alpha value is -2.43. The number of rotatable bonds is 9. The SMILES string of the molecule is Clc1ccccc1OCCCCn1c(CSc2ccccc2)nc2ccccc21. The van der Waals surface area contributed by atoms with Crippen LogP contribution in [0.3, 0.4) is 0 Å². The van der Waals surface area contributed by atoms with E-state index in [0.717, 1.165) is 42.2 Å². The van der Waals surface area contributed by atoms with E-state index in [1.165, 1.54) is 10.4 Å². The summed E-state index contributed by atoms with van der Waals surface area (Å²) in [5.74, 6) is 2.73. The summed E-state index contributed by atoms with van der Waals surface area (Å²) in [5, 5.41) is 0.660. The number of aryl methyl sites for hydroxylation is 1. The average molecular weight is 423 g/mol. The lowest BCUT2D eigenvalue weighted by Gasteiger charge is -2.11. The second-order valence-electron chi connectivity index (χ2n) is 6.76. The molecule has 1 heterocycles. The highest BCUT2D eigenvalue weighted by molar-refractivity contribution is 7.98. The number of ether oxygens (including phenoxy) is 1. The molecule has 4 rings (SSSR count). The van der Waals surface area contributed by atoms with Gasteiger partial charge in [0.15, 0.2) is 0 Å². The van der Waals surface area contributed by atoms with Gasteiger partial charge in [-0.05, 0) is 49.2 Å². The molecule has 0 atom stereocenters. The molecule has 0 unspecified atom stereocenters. The number of unbranched alkanes of at least 4 members (excludes halogenated alkanes) is 1. The van der Waals surface area contributed by atoms with Gasteiger partial charge in [-0.2, -0.15) is 0 Å². The first kappa shape index (κ1) is 19.9. The Kier molecular flexibility index (Phi) is 6.75. The zero-order valence-electron chi connectivity index (χ0n) is 16.1. The zero-order chi connectivity index (χ0) is 19.9. The van der Waals surface area contributed by atoms with E-state index in [1.54, 1.807) is 0 Å². The first-order valence-corrected chi connectivity index (χ1v) is 11.2. The lowest BCUT2D eigenvalue weighted by molar-refractivity contribution is 0.303. The quantitative estimate of drug-likeness (QED) is 0.218. The third kappa shape index (κ3) is 5.14. The molecule has 0 aliphatic heterocycles. The van der Waals surface area contributed by atoms with Crippen molar-refractivity contribution in [2.45, 2.75) is 30.0 Å². The van der Waals surface area contributed by atoms with Crippen molar-refractivity contribution in [3.63, 3.8) is 0 Å². The van der Waals surface area contributed by atoms with Crippen LogP contribution in [0.1, 0.15) is 18.7 Å². The highest BCUT2D eigenvalue weighted by atomic mass is 35.5. The molecule has 0 amide bonds. The maximum atomic E-state index is 6.15. The Morgan fingerprint density at radius 3 is 2.48 bits per heavy atom. The number of para-hydroxylation sites is 3. The number of hydrogen-bond acceptors (Lipinski definition) is 3. The summed E-state index contributed by atoms with van der Waals surface area (Å²) in [7, 11) is 0. The molecule has 0 N–H and O–H groups in total. The van der Waals surface area contributed by atoms with E-state index in [1.807, 2.05) is 48.2 Å². The van der Waals surface area contributed by atoms with Crippen molar-refractivity contribution < 1.29 is 4.74 Å². The van der Waals surface area contributed by atoms with Crippen molar-refractivity contribution in [2.75, 3.05) is 6.61 Å². The normalized spacial score (nSPS) is 11.1. The van der Waals surface area contributed by atoms with Gasteiger partial charge in [-0.1, -0.05) is 54.1 Å². The molecule has 0 fully saturated rings. The molecule has 3 nitrogen and oxygen atoms in total. The number of fused-ring (bicyclic) bond motifs is 1. The number of hydrogen-bond donors (Lipinski definition) is 0. The third-order valence-electron chi connectivity index (χ3n) is 4.72. The Labute approximate surface area is 180 Å². The van der Waals surface area contributed by atoms with Crippen LogP contribution in [-0.4, -0.2) is 16.2 Å². The predicted octanol–water partition coefficient (Wildman–Crippen LogP) is 6.84. The van der Waals surface area contributed by atoms with Gasteiger partial charge in [0, 0.05) is 11.4 Å². The summed E-state index contributed by atoms with van der Waals surface area (Å²) in [6.45, 7) is 1.58. The van der Waals surface area contributed by atoms with E-state index in [0.29, 0.717) is 11.6 Å². The Balaban J connectivity index is 1.38. The van der Waals surface area contributed by atoms with Gasteiger partial charge in [-0.3, -0.25) is 0 Å². The highest BCUT2D eigenvalue weighted by Crippen LogP contribution is 2.26. The van der Waals surface area contributed by atoms with E-state index in [9.17, 15) is 0 Å². The molecule has 5 heteroatoms. The minimum Gasteiger partial charge on any atom is -0.492 e. The molecule has 0 saturated heterocycles. The molecule has 29 heavy (non-hydrogen) atoms. The third-order valence-corrected chi connectivity index (χ3v) is 6.04. The molecule has 0 aliphatic carbocycles. The molecule has 148 valence electrons. The van der Waals surface area contributed by atoms with E-state index < -0.39 is 0 Å². The van der Waals surface area contributed by atoms with Crippen molar-refractivity contribution >= 4 is 34.4 Å². The van der Waals surface area contributed by atoms with Crippen LogP contribution in [-0.2, 0) is 12.3 Å². The second-order valence-corrected chi connectivity index (χ2v) is 8.21. The standard InChI is InChI=1S/C24H23ClN2OS/c25-20-12-4-7-15-23(20)28-17-9-8-16-27-22-14-6-5-13-21(22)26-24(27)18-29-19-10-2-1-3-11-19/h1-7,10-15H,8-9,16-18H2. The number of imidazole rings is 1. The van der Waals surface area contributed by atoms with Crippen LogP contribution in [0.2, 0.25) is 5.02 Å². The molecule has 3 aromatic carbocycles. The molecule has 0 bridgehead atoms. The molecule has 0 spiro atoms. The van der Waals surface area contributed by atoms with E-state index in [2.05, 4.69) is 47.0 Å². The van der Waals surface area contributed by atoms with Crippen LogP contribution in [0.15, 0.2) is 83.8 Å². The van der Waals surface area contributed by atoms with Gasteiger partial charge in [-0.15, -0.1) is 11.8 Å². The van der Waals surface area contributed by atoms with Crippen LogP contribution >= 0.6 is 23.4 Å². The number of nitrogens with zero attached hydrogens (tertiary/aromatic N) is 2. The molecule has 0 aliphatic rings. The Bertz CT molecular complexity index is 1060. The van der Waals surface area contributed by atoms with Gasteiger partial charge in [0.1, 0.15) is 11.6 Å². The van der Waals surface area contributed by atoms with E-state index in [4.69, 9.17) is 21.3 Å². The minimum atomic E-state index is 0.657. The van der Waals surface area contributed by atoms with Gasteiger partial charge in [-0.25, -0.2) is 4.98 Å². The fraction of sp³-hybridized carbons (Fsp3) is 0.208. The predicted molar refractivity (Wildman–Crippen MR) is 122 cm³/mol. The van der Waals surface area contributed by atoms with Crippen LogP contribution in [0.5, 0.6) is 5.75 Å². The number of benzene rings is 3. The van der Waals surface area contributed by atoms with Gasteiger partial charge >= 0.3 is 0 Å². The fourth-order valence-electron chi connectivity index (χ4n) is 3.27. The van der Waals surface area contributed by atoms with Crippen LogP contribution in [0.4, 0.5) is 0 Å². The first-order chi connectivity index (χ1) is 14.3. The van der Waals surface area contributed by atoms with Gasteiger partial charge < -0.3 is 9.30 Å². The van der Waals surface area contributed by atoms with E-state index in [-0.39, 0.29) is 0 Å². The van der Waals surface area contributed by atoms with Crippen LogP contribution < -0.4 is 4.74 Å². The highest BCUT2D eigenvalue weighted by Gasteiger charge is 2.11. The molecule has 0 saturated carbocycles. The summed E-state index contributed by atoms with van der Waals surface area (Å²) < 4.78 is 8.17. The molecule has 0 radical (unpaired) electrons. The smallest absolute Gasteiger partial charge is 0.137 e. The van der Waals surface area contributed by atoms with Crippen molar-refractivity contribution in [1.29, 1.82) is 0 Å². The lowest BCUT2D eigenvalue weighted by atomic mass is 10.3. The number of halogens is 1. The minimum absolute atomic E-state index is 0.657. The zero-order valence-corrected chi connectivity index (χ0v) is 17.7. The largest absolute Gasteiger partial charge is 0.492 e. The molecular weight excluding hydrogens is 400 g/mol. The second kappa shape index (κ2) is 9.86. The van der Waals surface area contributed by atoms with Crippen molar-refractivity contribution in [2.24, 2.45) is 0 Å². The fourth-order valence-corrected chi connectivity index (χ4v) is 4.32. The summed E-state index contributed by atoms with van der Waals surface area (Å²) in [6, 6.07) is 26.5. The van der Waals surface area contributed by atoms with Crippen molar-refractivity contribution in [3.05, 3.63) is 89.7 Å². The van der Waals surface area contributed by atoms with E-state index >= 15 is 0 Å². The van der Waals surface area contributed by atoms with Gasteiger partial charge in [0.25, 0.3) is 0 Å². The van der Waals surface area contributed by atoms with Crippen molar-refractivity contribution in [1.82, 2.24) is 9.55 Å². The van der Waals surface area contributed by atoms with Gasteiger partial charge in [0.2, 0.25) is 0 Å². The Morgan fingerprint density at radius 1 is 0.862 bits per heavy atom. The average Bonchev–Trinajstić information content (AvgIpc) is 3.11. The van der Waals surface area contributed by atoms with Crippen molar-refractivity contribution in [3.8, 4) is 5.75 Å². The topological polar surface area (TPSA) is 27.1 Å². The number of aromatic nitrogens is 2. The summed E-state index contributed by atoms with van der Waals surface area (Å²) >= 11 is 7.97. The number of thioether (sulfide) groups is 1. The molecule has 1 aromatic heterocycles. The Morgan fingerprint density at radius 2 is 1.62 bits per heavy atom. The molecule has 4 aromatic rings. The van der Waals surface area contributed by atoms with Crippen LogP contribution in [0, 0.1) is 0 Å². The maximum Gasteiger partial charge on any atom is 0.137 e.